The van der Waals surface area contributed by atoms with Gasteiger partial charge in [0.25, 0.3) is 0 Å². The number of hydrogen-bond acceptors (Lipinski definition) is 3. The van der Waals surface area contributed by atoms with Crippen LogP contribution in [0.2, 0.25) is 0 Å². The molecule has 0 radical (unpaired) electrons. The van der Waals surface area contributed by atoms with Gasteiger partial charge in [-0.25, -0.2) is 4.79 Å². The highest BCUT2D eigenvalue weighted by Gasteiger charge is 2.33. The predicted molar refractivity (Wildman–Crippen MR) is 103 cm³/mol. The third-order valence-corrected chi connectivity index (χ3v) is 5.48. The van der Waals surface area contributed by atoms with E-state index in [0.29, 0.717) is 12.1 Å². The zero-order chi connectivity index (χ0) is 18.4. The Hall–Kier alpha value is -2.33. The molecule has 1 saturated carbocycles. The summed E-state index contributed by atoms with van der Waals surface area (Å²) in [6, 6.07) is 15.6. The van der Waals surface area contributed by atoms with E-state index in [4.69, 9.17) is 9.84 Å². The second-order valence-corrected chi connectivity index (χ2v) is 7.18. The zero-order valence-corrected chi connectivity index (χ0v) is 15.3. The van der Waals surface area contributed by atoms with Gasteiger partial charge >= 0.3 is 5.97 Å². The molecule has 2 N–H and O–H groups in total. The summed E-state index contributed by atoms with van der Waals surface area (Å²) in [5.74, 6) is 0.00647. The van der Waals surface area contributed by atoms with Crippen molar-refractivity contribution >= 4 is 5.97 Å². The number of carbonyl (C=O) groups is 1. The molecule has 0 aromatic heterocycles. The number of rotatable bonds is 7. The van der Waals surface area contributed by atoms with Crippen molar-refractivity contribution in [1.29, 1.82) is 0 Å². The molecule has 1 fully saturated rings. The first-order chi connectivity index (χ1) is 12.6. The average Bonchev–Trinajstić information content (AvgIpc) is 2.69. The number of carboxylic acid groups (broad SMARTS) is 1. The molecule has 26 heavy (non-hydrogen) atoms. The maximum Gasteiger partial charge on any atom is 0.335 e. The molecule has 1 aliphatic carbocycles. The van der Waals surface area contributed by atoms with E-state index in [1.54, 1.807) is 25.3 Å². The van der Waals surface area contributed by atoms with E-state index in [-0.39, 0.29) is 5.41 Å². The molecule has 4 heteroatoms. The van der Waals surface area contributed by atoms with Crippen molar-refractivity contribution in [2.75, 3.05) is 13.7 Å². The molecule has 2 aromatic carbocycles. The Morgan fingerprint density at radius 3 is 2.50 bits per heavy atom. The molecule has 0 heterocycles. The van der Waals surface area contributed by atoms with Crippen LogP contribution < -0.4 is 10.1 Å². The molecule has 4 nitrogen and oxygen atoms in total. The second kappa shape index (κ2) is 8.37. The maximum absolute atomic E-state index is 11.1. The fraction of sp³-hybridized carbons (Fsp3) is 0.409. The number of hydrogen-bond donors (Lipinski definition) is 2. The van der Waals surface area contributed by atoms with Gasteiger partial charge in [0.05, 0.1) is 12.7 Å². The van der Waals surface area contributed by atoms with Crippen molar-refractivity contribution in [2.45, 2.75) is 44.1 Å². The van der Waals surface area contributed by atoms with Crippen molar-refractivity contribution in [1.82, 2.24) is 5.32 Å². The van der Waals surface area contributed by atoms with Gasteiger partial charge in [-0.15, -0.1) is 0 Å². The van der Waals surface area contributed by atoms with E-state index >= 15 is 0 Å². The van der Waals surface area contributed by atoms with Gasteiger partial charge in [-0.05, 0) is 48.2 Å². The van der Waals surface area contributed by atoms with Crippen molar-refractivity contribution in [3.63, 3.8) is 0 Å². The molecule has 0 bridgehead atoms. The molecule has 3 rings (SSSR count). The highest BCUT2D eigenvalue weighted by molar-refractivity contribution is 5.87. The summed E-state index contributed by atoms with van der Waals surface area (Å²) in [4.78, 5) is 11.1. The van der Waals surface area contributed by atoms with Crippen LogP contribution in [0.15, 0.2) is 48.5 Å². The summed E-state index contributed by atoms with van der Waals surface area (Å²) in [5.41, 5.74) is 2.86. The second-order valence-electron chi connectivity index (χ2n) is 7.18. The Balaban J connectivity index is 1.70. The SMILES string of the molecule is COc1ccc(C2(CNCc3cccc(C(=O)O)c3)CCCCC2)cc1. The van der Waals surface area contributed by atoms with Gasteiger partial charge in [-0.1, -0.05) is 43.5 Å². The minimum Gasteiger partial charge on any atom is -0.497 e. The first kappa shape index (κ1) is 18.5. The van der Waals surface area contributed by atoms with Crippen LogP contribution >= 0.6 is 0 Å². The lowest BCUT2D eigenvalue weighted by molar-refractivity contribution is 0.0696. The normalized spacial score (nSPS) is 16.2. The molecule has 2 aromatic rings. The number of methoxy groups -OCH3 is 1. The Labute approximate surface area is 155 Å². The number of benzene rings is 2. The standard InChI is InChI=1S/C22H27NO3/c1-26-20-10-8-19(9-11-20)22(12-3-2-4-13-22)16-23-15-17-6-5-7-18(14-17)21(24)25/h5-11,14,23H,2-4,12-13,15-16H2,1H3,(H,24,25). The largest absolute Gasteiger partial charge is 0.497 e. The summed E-state index contributed by atoms with van der Waals surface area (Å²) in [6.07, 6.45) is 6.17. The topological polar surface area (TPSA) is 58.6 Å². The number of carboxylic acids is 1. The molecule has 0 unspecified atom stereocenters. The van der Waals surface area contributed by atoms with E-state index in [9.17, 15) is 4.79 Å². The van der Waals surface area contributed by atoms with E-state index < -0.39 is 5.97 Å². The van der Waals surface area contributed by atoms with Crippen LogP contribution in [0.5, 0.6) is 5.75 Å². The summed E-state index contributed by atoms with van der Waals surface area (Å²) in [6.45, 7) is 1.58. The molecule has 1 aliphatic rings. The number of ether oxygens (including phenoxy) is 1. The Morgan fingerprint density at radius 2 is 1.85 bits per heavy atom. The molecule has 138 valence electrons. The molecular weight excluding hydrogens is 326 g/mol. The lowest BCUT2D eigenvalue weighted by Gasteiger charge is -2.38. The van der Waals surface area contributed by atoms with Crippen LogP contribution in [0, 0.1) is 0 Å². The van der Waals surface area contributed by atoms with Crippen molar-refractivity contribution in [3.05, 3.63) is 65.2 Å². The van der Waals surface area contributed by atoms with Gasteiger partial charge in [0.1, 0.15) is 5.75 Å². The van der Waals surface area contributed by atoms with Crippen LogP contribution in [0.25, 0.3) is 0 Å². The van der Waals surface area contributed by atoms with E-state index in [0.717, 1.165) is 17.9 Å². The van der Waals surface area contributed by atoms with Crippen molar-refractivity contribution in [2.24, 2.45) is 0 Å². The smallest absolute Gasteiger partial charge is 0.335 e. The van der Waals surface area contributed by atoms with Crippen LogP contribution in [0.3, 0.4) is 0 Å². The van der Waals surface area contributed by atoms with Gasteiger partial charge in [-0.3, -0.25) is 0 Å². The molecule has 0 aliphatic heterocycles. The Bertz CT molecular complexity index is 733. The molecule has 0 atom stereocenters. The van der Waals surface area contributed by atoms with Gasteiger partial charge in [0.15, 0.2) is 0 Å². The lowest BCUT2D eigenvalue weighted by atomic mass is 9.69. The molecule has 0 spiro atoms. The van der Waals surface area contributed by atoms with Crippen LogP contribution in [-0.2, 0) is 12.0 Å². The van der Waals surface area contributed by atoms with Crippen LogP contribution in [0.4, 0.5) is 0 Å². The summed E-state index contributed by atoms with van der Waals surface area (Å²) in [5, 5.41) is 12.7. The van der Waals surface area contributed by atoms with Crippen LogP contribution in [-0.4, -0.2) is 24.7 Å². The van der Waals surface area contributed by atoms with Crippen LogP contribution in [0.1, 0.15) is 53.6 Å². The van der Waals surface area contributed by atoms with Gasteiger partial charge < -0.3 is 15.2 Å². The van der Waals surface area contributed by atoms with Gasteiger partial charge in [0, 0.05) is 18.5 Å². The Kier molecular flexibility index (Phi) is 5.94. The van der Waals surface area contributed by atoms with Gasteiger partial charge in [-0.2, -0.15) is 0 Å². The summed E-state index contributed by atoms with van der Waals surface area (Å²) < 4.78 is 5.30. The quantitative estimate of drug-likeness (QED) is 0.775. The minimum atomic E-state index is -0.881. The average molecular weight is 353 g/mol. The highest BCUT2D eigenvalue weighted by Crippen LogP contribution is 2.39. The fourth-order valence-corrected chi connectivity index (χ4v) is 4.00. The third-order valence-electron chi connectivity index (χ3n) is 5.48. The first-order valence-corrected chi connectivity index (χ1v) is 9.30. The third kappa shape index (κ3) is 4.25. The monoisotopic (exact) mass is 353 g/mol. The van der Waals surface area contributed by atoms with E-state index in [2.05, 4.69) is 17.4 Å². The minimum absolute atomic E-state index is 0.148. The fourth-order valence-electron chi connectivity index (χ4n) is 4.00. The number of aromatic carboxylic acids is 1. The summed E-state index contributed by atoms with van der Waals surface area (Å²) in [7, 11) is 1.69. The zero-order valence-electron chi connectivity index (χ0n) is 15.3. The highest BCUT2D eigenvalue weighted by atomic mass is 16.5. The van der Waals surface area contributed by atoms with Gasteiger partial charge in [0.2, 0.25) is 0 Å². The maximum atomic E-state index is 11.1. The first-order valence-electron chi connectivity index (χ1n) is 9.30. The van der Waals surface area contributed by atoms with E-state index in [1.165, 1.54) is 37.7 Å². The predicted octanol–water partition coefficient (Wildman–Crippen LogP) is 4.39. The van der Waals surface area contributed by atoms with Crippen molar-refractivity contribution < 1.29 is 14.6 Å². The lowest BCUT2D eigenvalue weighted by Crippen LogP contribution is -2.39. The molecule has 0 saturated heterocycles. The van der Waals surface area contributed by atoms with E-state index in [1.807, 2.05) is 18.2 Å². The Morgan fingerprint density at radius 1 is 1.12 bits per heavy atom. The summed E-state index contributed by atoms with van der Waals surface area (Å²) >= 11 is 0. The molecule has 0 amide bonds. The van der Waals surface area contributed by atoms with Crippen molar-refractivity contribution in [3.8, 4) is 5.75 Å². The molecular formula is C22H27NO3. The number of nitrogens with one attached hydrogen (secondary N) is 1.